The molecule has 16 heavy (non-hydrogen) atoms. The Morgan fingerprint density at radius 1 is 1.38 bits per heavy atom. The van der Waals surface area contributed by atoms with E-state index in [4.69, 9.17) is 5.73 Å². The van der Waals surface area contributed by atoms with Crippen LogP contribution in [0.4, 0.5) is 0 Å². The molecule has 0 spiro atoms. The number of ether oxygens (including phenoxy) is 1. The van der Waals surface area contributed by atoms with Gasteiger partial charge in [-0.2, -0.15) is 0 Å². The molecular formula is C11H10N2O3. The Hall–Kier alpha value is -2.30. The van der Waals surface area contributed by atoms with Gasteiger partial charge in [-0.15, -0.1) is 0 Å². The largest absolute Gasteiger partial charge is 0.465 e. The molecule has 0 radical (unpaired) electrons. The second-order valence-electron chi connectivity index (χ2n) is 3.32. The molecule has 0 atom stereocenters. The van der Waals surface area contributed by atoms with Crippen LogP contribution in [0.2, 0.25) is 0 Å². The van der Waals surface area contributed by atoms with E-state index in [1.165, 1.54) is 13.3 Å². The lowest BCUT2D eigenvalue weighted by Crippen LogP contribution is -2.10. The maximum Gasteiger partial charge on any atom is 0.337 e. The molecule has 1 aromatic carbocycles. The van der Waals surface area contributed by atoms with Gasteiger partial charge in [-0.05, 0) is 18.2 Å². The van der Waals surface area contributed by atoms with Crippen LogP contribution < -0.4 is 5.73 Å². The summed E-state index contributed by atoms with van der Waals surface area (Å²) in [5.74, 6) is -0.980. The Kier molecular flexibility index (Phi) is 2.36. The number of benzene rings is 1. The molecule has 0 aliphatic carbocycles. The number of esters is 1. The minimum atomic E-state index is -0.534. The van der Waals surface area contributed by atoms with Crippen LogP contribution in [0.5, 0.6) is 0 Å². The van der Waals surface area contributed by atoms with E-state index in [1.54, 1.807) is 18.2 Å². The van der Waals surface area contributed by atoms with Gasteiger partial charge in [0, 0.05) is 17.1 Å². The van der Waals surface area contributed by atoms with Crippen molar-refractivity contribution in [3.05, 3.63) is 35.5 Å². The second kappa shape index (κ2) is 3.69. The summed E-state index contributed by atoms with van der Waals surface area (Å²) in [6.45, 7) is 0. The normalized spacial score (nSPS) is 10.3. The molecule has 0 saturated carbocycles. The van der Waals surface area contributed by atoms with Crippen LogP contribution >= 0.6 is 0 Å². The average molecular weight is 218 g/mol. The molecule has 5 heteroatoms. The summed E-state index contributed by atoms with van der Waals surface area (Å²) in [4.78, 5) is 25.3. The minimum Gasteiger partial charge on any atom is -0.465 e. The Morgan fingerprint density at radius 3 is 2.75 bits per heavy atom. The zero-order valence-corrected chi connectivity index (χ0v) is 8.61. The number of nitrogens with one attached hydrogen (secondary N) is 1. The number of aromatic amines is 1. The average Bonchev–Trinajstić information content (AvgIpc) is 2.70. The topological polar surface area (TPSA) is 85.2 Å². The second-order valence-corrected chi connectivity index (χ2v) is 3.32. The number of hydrogen-bond acceptors (Lipinski definition) is 3. The number of fused-ring (bicyclic) bond motifs is 1. The maximum absolute atomic E-state index is 11.3. The van der Waals surface area contributed by atoms with Crippen LogP contribution in [0.3, 0.4) is 0 Å². The number of primary amides is 1. The summed E-state index contributed by atoms with van der Waals surface area (Å²) in [5, 5.41) is 0.621. The number of carbonyl (C=O) groups excluding carboxylic acids is 2. The third kappa shape index (κ3) is 1.52. The molecule has 0 fully saturated rings. The van der Waals surface area contributed by atoms with Crippen LogP contribution in [-0.4, -0.2) is 24.0 Å². The molecule has 3 N–H and O–H groups in total. The first-order chi connectivity index (χ1) is 7.63. The van der Waals surface area contributed by atoms with Crippen LogP contribution in [-0.2, 0) is 4.74 Å². The van der Waals surface area contributed by atoms with E-state index < -0.39 is 11.9 Å². The van der Waals surface area contributed by atoms with Crippen molar-refractivity contribution in [3.8, 4) is 0 Å². The van der Waals surface area contributed by atoms with Gasteiger partial charge in [0.15, 0.2) is 0 Å². The molecule has 1 aromatic heterocycles. The van der Waals surface area contributed by atoms with E-state index in [1.807, 2.05) is 0 Å². The van der Waals surface area contributed by atoms with Crippen molar-refractivity contribution in [3.63, 3.8) is 0 Å². The highest BCUT2D eigenvalue weighted by Gasteiger charge is 2.12. The number of aromatic nitrogens is 1. The Labute approximate surface area is 91.2 Å². The van der Waals surface area contributed by atoms with Gasteiger partial charge in [0.05, 0.1) is 18.2 Å². The van der Waals surface area contributed by atoms with Crippen molar-refractivity contribution in [2.24, 2.45) is 5.73 Å². The Balaban J connectivity index is 2.63. The van der Waals surface area contributed by atoms with E-state index in [0.717, 1.165) is 5.52 Å². The number of hydrogen-bond donors (Lipinski definition) is 2. The van der Waals surface area contributed by atoms with Gasteiger partial charge >= 0.3 is 5.97 Å². The van der Waals surface area contributed by atoms with Crippen molar-refractivity contribution in [1.29, 1.82) is 0 Å². The molecule has 82 valence electrons. The van der Waals surface area contributed by atoms with Gasteiger partial charge in [-0.3, -0.25) is 4.79 Å². The molecule has 1 heterocycles. The number of methoxy groups -OCH3 is 1. The number of amides is 1. The van der Waals surface area contributed by atoms with Gasteiger partial charge < -0.3 is 15.5 Å². The summed E-state index contributed by atoms with van der Waals surface area (Å²) >= 11 is 0. The molecule has 0 unspecified atom stereocenters. The molecule has 5 nitrogen and oxygen atoms in total. The first kappa shape index (κ1) is 10.2. The van der Waals surface area contributed by atoms with Crippen LogP contribution in [0.25, 0.3) is 10.9 Å². The first-order valence-electron chi connectivity index (χ1n) is 4.62. The number of nitrogens with two attached hydrogens (primary N) is 1. The quantitative estimate of drug-likeness (QED) is 0.739. The third-order valence-electron chi connectivity index (χ3n) is 2.37. The molecular weight excluding hydrogens is 208 g/mol. The fourth-order valence-corrected chi connectivity index (χ4v) is 1.57. The number of H-pyrrole nitrogens is 1. The van der Waals surface area contributed by atoms with Crippen LogP contribution in [0.15, 0.2) is 24.4 Å². The van der Waals surface area contributed by atoms with Crippen molar-refractivity contribution in [2.45, 2.75) is 0 Å². The van der Waals surface area contributed by atoms with E-state index in [-0.39, 0.29) is 0 Å². The SMILES string of the molecule is COC(=O)c1ccc2[nH]cc(C(N)=O)c2c1. The van der Waals surface area contributed by atoms with E-state index in [0.29, 0.717) is 16.5 Å². The maximum atomic E-state index is 11.3. The highest BCUT2D eigenvalue weighted by Crippen LogP contribution is 2.19. The third-order valence-corrected chi connectivity index (χ3v) is 2.37. The van der Waals surface area contributed by atoms with Crippen molar-refractivity contribution in [1.82, 2.24) is 4.98 Å². The zero-order valence-electron chi connectivity index (χ0n) is 8.61. The smallest absolute Gasteiger partial charge is 0.337 e. The van der Waals surface area contributed by atoms with E-state index in [9.17, 15) is 9.59 Å². The minimum absolute atomic E-state index is 0.362. The standard InChI is InChI=1S/C11H10N2O3/c1-16-11(15)6-2-3-9-7(4-6)8(5-13-9)10(12)14/h2-5,13H,1H3,(H2,12,14). The van der Waals surface area contributed by atoms with Crippen molar-refractivity contribution < 1.29 is 14.3 Å². The fraction of sp³-hybridized carbons (Fsp3) is 0.0909. The molecule has 0 aliphatic rings. The molecule has 0 bridgehead atoms. The molecule has 2 rings (SSSR count). The van der Waals surface area contributed by atoms with Crippen molar-refractivity contribution in [2.75, 3.05) is 7.11 Å². The monoisotopic (exact) mass is 218 g/mol. The van der Waals surface area contributed by atoms with Crippen molar-refractivity contribution >= 4 is 22.8 Å². The molecule has 2 aromatic rings. The summed E-state index contributed by atoms with van der Waals surface area (Å²) in [5.41, 5.74) is 6.71. The molecule has 0 saturated heterocycles. The highest BCUT2D eigenvalue weighted by molar-refractivity contribution is 6.07. The van der Waals surface area contributed by atoms with E-state index >= 15 is 0 Å². The summed E-state index contributed by atoms with van der Waals surface area (Å²) in [6, 6.07) is 4.90. The summed E-state index contributed by atoms with van der Waals surface area (Å²) in [6.07, 6.45) is 1.52. The number of carbonyl (C=O) groups is 2. The van der Waals surface area contributed by atoms with Crippen LogP contribution in [0, 0.1) is 0 Å². The summed E-state index contributed by atoms with van der Waals surface area (Å²) < 4.78 is 4.60. The molecule has 1 amide bonds. The Bertz CT molecular complexity index is 572. The predicted octanol–water partition coefficient (Wildman–Crippen LogP) is 1.05. The van der Waals surface area contributed by atoms with Gasteiger partial charge in [0.25, 0.3) is 5.91 Å². The first-order valence-corrected chi connectivity index (χ1v) is 4.62. The lowest BCUT2D eigenvalue weighted by molar-refractivity contribution is 0.0600. The zero-order chi connectivity index (χ0) is 11.7. The van der Waals surface area contributed by atoms with E-state index in [2.05, 4.69) is 9.72 Å². The van der Waals surface area contributed by atoms with Gasteiger partial charge in [0.2, 0.25) is 0 Å². The van der Waals surface area contributed by atoms with Gasteiger partial charge in [-0.25, -0.2) is 4.79 Å². The fourth-order valence-electron chi connectivity index (χ4n) is 1.57. The van der Waals surface area contributed by atoms with Gasteiger partial charge in [-0.1, -0.05) is 0 Å². The lowest BCUT2D eigenvalue weighted by Gasteiger charge is -1.99. The highest BCUT2D eigenvalue weighted by atomic mass is 16.5. The Morgan fingerprint density at radius 2 is 2.12 bits per heavy atom. The predicted molar refractivity (Wildman–Crippen MR) is 58.2 cm³/mol. The number of rotatable bonds is 2. The lowest BCUT2D eigenvalue weighted by atomic mass is 10.1. The summed E-state index contributed by atoms with van der Waals surface area (Å²) in [7, 11) is 1.30. The van der Waals surface area contributed by atoms with Gasteiger partial charge in [0.1, 0.15) is 0 Å². The van der Waals surface area contributed by atoms with Crippen LogP contribution in [0.1, 0.15) is 20.7 Å². The molecule has 0 aliphatic heterocycles.